The minimum Gasteiger partial charge on any atom is -0.364 e. The summed E-state index contributed by atoms with van der Waals surface area (Å²) < 4.78 is 0. The molecule has 1 heterocycles. The lowest BCUT2D eigenvalue weighted by molar-refractivity contribution is -0.463. The predicted molar refractivity (Wildman–Crippen MR) is 66.3 cm³/mol. The van der Waals surface area contributed by atoms with Crippen LogP contribution in [0.2, 0.25) is 10.3 Å². The third kappa shape index (κ3) is 4.54. The first-order chi connectivity index (χ1) is 8.02. The number of pyridine rings is 1. The van der Waals surface area contributed by atoms with Gasteiger partial charge in [-0.15, -0.1) is 0 Å². The minimum atomic E-state index is -0.461. The molecule has 0 aromatic carbocycles. The van der Waals surface area contributed by atoms with Crippen LogP contribution < -0.4 is 5.32 Å². The van der Waals surface area contributed by atoms with Crippen molar-refractivity contribution in [2.75, 3.05) is 13.6 Å². The fourth-order valence-corrected chi connectivity index (χ4v) is 1.51. The van der Waals surface area contributed by atoms with Gasteiger partial charge in [0.05, 0.1) is 0 Å². The van der Waals surface area contributed by atoms with E-state index in [1.54, 1.807) is 12.1 Å². The number of nitrogens with zero attached hydrogens (tertiary/aromatic N) is 3. The fraction of sp³-hybridized carbons (Fsp3) is 0.333. The molecule has 0 spiro atoms. The lowest BCUT2D eigenvalue weighted by Crippen LogP contribution is -2.29. The highest BCUT2D eigenvalue weighted by molar-refractivity contribution is 6.32. The molecule has 92 valence electrons. The Morgan fingerprint density at radius 2 is 2.29 bits per heavy atom. The Morgan fingerprint density at radius 1 is 1.59 bits per heavy atom. The van der Waals surface area contributed by atoms with Crippen molar-refractivity contribution in [3.05, 3.63) is 38.1 Å². The molecule has 0 radical (unpaired) electrons. The van der Waals surface area contributed by atoms with Gasteiger partial charge in [-0.2, -0.15) is 0 Å². The number of aromatic nitrogens is 1. The summed E-state index contributed by atoms with van der Waals surface area (Å²) in [7, 11) is 1.48. The van der Waals surface area contributed by atoms with Crippen LogP contribution in [0.5, 0.6) is 0 Å². The van der Waals surface area contributed by atoms with Crippen molar-refractivity contribution in [1.29, 1.82) is 0 Å². The van der Waals surface area contributed by atoms with Crippen molar-refractivity contribution in [3.63, 3.8) is 0 Å². The smallest absolute Gasteiger partial charge is 0.259 e. The average molecular weight is 277 g/mol. The van der Waals surface area contributed by atoms with Crippen molar-refractivity contribution >= 4 is 29.0 Å². The monoisotopic (exact) mass is 276 g/mol. The van der Waals surface area contributed by atoms with Crippen molar-refractivity contribution < 1.29 is 4.92 Å². The van der Waals surface area contributed by atoms with Crippen molar-refractivity contribution in [3.8, 4) is 0 Å². The molecule has 0 aliphatic carbocycles. The summed E-state index contributed by atoms with van der Waals surface area (Å²) in [6.07, 6.45) is 0. The fourth-order valence-electron chi connectivity index (χ4n) is 1.10. The maximum absolute atomic E-state index is 10.3. The molecule has 8 heteroatoms. The highest BCUT2D eigenvalue weighted by Gasteiger charge is 2.08. The van der Waals surface area contributed by atoms with Crippen LogP contribution in [-0.4, -0.2) is 29.3 Å². The van der Waals surface area contributed by atoms with Crippen LogP contribution in [0.1, 0.15) is 5.56 Å². The third-order valence-electron chi connectivity index (χ3n) is 1.92. The van der Waals surface area contributed by atoms with Gasteiger partial charge in [0.25, 0.3) is 6.54 Å². The number of rotatable bonds is 4. The number of nitro groups is 1. The van der Waals surface area contributed by atoms with E-state index in [4.69, 9.17) is 23.2 Å². The van der Waals surface area contributed by atoms with E-state index in [0.717, 1.165) is 0 Å². The second-order valence-corrected chi connectivity index (χ2v) is 3.84. The Bertz CT molecular complexity index is 451. The van der Waals surface area contributed by atoms with Gasteiger partial charge in [0.2, 0.25) is 0 Å². The Morgan fingerprint density at radius 3 is 2.82 bits per heavy atom. The summed E-state index contributed by atoms with van der Waals surface area (Å²) in [6, 6.07) is 3.30. The molecule has 0 amide bonds. The van der Waals surface area contributed by atoms with E-state index < -0.39 is 4.92 Å². The quantitative estimate of drug-likeness (QED) is 0.299. The zero-order valence-electron chi connectivity index (χ0n) is 8.98. The zero-order valence-corrected chi connectivity index (χ0v) is 10.5. The van der Waals surface area contributed by atoms with Crippen LogP contribution in [-0.2, 0) is 6.54 Å². The summed E-state index contributed by atoms with van der Waals surface area (Å²) in [4.78, 5) is 17.5. The van der Waals surface area contributed by atoms with E-state index in [1.807, 2.05) is 0 Å². The molecule has 0 bridgehead atoms. The predicted octanol–water partition coefficient (Wildman–Crippen LogP) is 1.78. The van der Waals surface area contributed by atoms with E-state index in [2.05, 4.69) is 15.3 Å². The number of hydrogen-bond acceptors (Lipinski definition) is 4. The molecule has 0 atom stereocenters. The molecule has 1 aromatic heterocycles. The molecule has 1 aromatic rings. The number of amidine groups is 1. The highest BCUT2D eigenvalue weighted by Crippen LogP contribution is 2.16. The number of halogens is 2. The van der Waals surface area contributed by atoms with Gasteiger partial charge in [0, 0.05) is 24.1 Å². The summed E-state index contributed by atoms with van der Waals surface area (Å²) in [6.45, 7) is -0.0430. The molecule has 17 heavy (non-hydrogen) atoms. The maximum atomic E-state index is 10.3. The van der Waals surface area contributed by atoms with Gasteiger partial charge in [0.1, 0.15) is 10.3 Å². The SMILES string of the molecule is CN=C(C[N+](=O)[O-])NCc1ccc(Cl)nc1Cl. The molecule has 0 fully saturated rings. The summed E-state index contributed by atoms with van der Waals surface area (Å²) in [5.41, 5.74) is 0.695. The lowest BCUT2D eigenvalue weighted by atomic mass is 10.3. The van der Waals surface area contributed by atoms with Crippen LogP contribution in [0.3, 0.4) is 0 Å². The summed E-state index contributed by atoms with van der Waals surface area (Å²) in [5.74, 6) is 0.279. The second-order valence-electron chi connectivity index (χ2n) is 3.10. The molecule has 0 saturated heterocycles. The Balaban J connectivity index is 2.63. The molecule has 6 nitrogen and oxygen atoms in total. The minimum absolute atomic E-state index is 0.265. The van der Waals surface area contributed by atoms with Crippen molar-refractivity contribution in [2.24, 2.45) is 4.99 Å². The van der Waals surface area contributed by atoms with Crippen LogP contribution in [0.15, 0.2) is 17.1 Å². The van der Waals surface area contributed by atoms with Gasteiger partial charge in [-0.3, -0.25) is 15.1 Å². The van der Waals surface area contributed by atoms with Crippen LogP contribution >= 0.6 is 23.2 Å². The van der Waals surface area contributed by atoms with E-state index in [1.165, 1.54) is 7.05 Å². The molecular formula is C9H10Cl2N4O2. The lowest BCUT2D eigenvalue weighted by Gasteiger charge is -2.07. The van der Waals surface area contributed by atoms with Crippen molar-refractivity contribution in [1.82, 2.24) is 10.3 Å². The first-order valence-electron chi connectivity index (χ1n) is 4.65. The highest BCUT2D eigenvalue weighted by atomic mass is 35.5. The molecule has 1 N–H and O–H groups in total. The van der Waals surface area contributed by atoms with E-state index in [9.17, 15) is 10.1 Å². The zero-order chi connectivity index (χ0) is 12.8. The Labute approximate surface area is 108 Å². The average Bonchev–Trinajstić information content (AvgIpc) is 2.25. The summed E-state index contributed by atoms with van der Waals surface area (Å²) >= 11 is 11.5. The van der Waals surface area contributed by atoms with E-state index >= 15 is 0 Å². The van der Waals surface area contributed by atoms with Crippen LogP contribution in [0.4, 0.5) is 0 Å². The molecule has 0 saturated carbocycles. The number of aliphatic imine (C=N–C) groups is 1. The molecular weight excluding hydrogens is 267 g/mol. The third-order valence-corrected chi connectivity index (χ3v) is 2.46. The van der Waals surface area contributed by atoms with Gasteiger partial charge >= 0.3 is 0 Å². The second kappa shape index (κ2) is 6.36. The number of hydrogen-bond donors (Lipinski definition) is 1. The first-order valence-corrected chi connectivity index (χ1v) is 5.40. The standard InChI is InChI=1S/C9H10Cl2N4O2/c1-12-8(5-15(16)17)13-4-6-2-3-7(10)14-9(6)11/h2-3H,4-5H2,1H3,(H,12,13). The molecule has 0 unspecified atom stereocenters. The van der Waals surface area contributed by atoms with Crippen LogP contribution in [0.25, 0.3) is 0 Å². The van der Waals surface area contributed by atoms with Gasteiger partial charge in [0.15, 0.2) is 5.84 Å². The van der Waals surface area contributed by atoms with Crippen LogP contribution in [0, 0.1) is 10.1 Å². The Hall–Kier alpha value is -1.40. The maximum Gasteiger partial charge on any atom is 0.259 e. The van der Waals surface area contributed by atoms with Gasteiger partial charge in [-0.25, -0.2) is 4.98 Å². The van der Waals surface area contributed by atoms with Gasteiger partial charge in [-0.05, 0) is 6.07 Å². The Kier molecular flexibility index (Phi) is 5.11. The molecule has 0 aliphatic rings. The van der Waals surface area contributed by atoms with Crippen molar-refractivity contribution in [2.45, 2.75) is 6.54 Å². The summed E-state index contributed by atoms with van der Waals surface area (Å²) in [5, 5.41) is 13.7. The largest absolute Gasteiger partial charge is 0.364 e. The molecule has 0 aliphatic heterocycles. The van der Waals surface area contributed by atoms with E-state index in [-0.39, 0.29) is 17.5 Å². The first kappa shape index (κ1) is 13.7. The van der Waals surface area contributed by atoms with E-state index in [0.29, 0.717) is 17.3 Å². The molecule has 1 rings (SSSR count). The van der Waals surface area contributed by atoms with Gasteiger partial charge in [-0.1, -0.05) is 29.3 Å². The number of nitrogens with one attached hydrogen (secondary N) is 1. The topological polar surface area (TPSA) is 80.4 Å². The van der Waals surface area contributed by atoms with Gasteiger partial charge < -0.3 is 5.32 Å². The normalized spacial score (nSPS) is 11.4.